The Bertz CT molecular complexity index is 858. The van der Waals surface area contributed by atoms with E-state index in [1.807, 2.05) is 12.1 Å². The second kappa shape index (κ2) is 9.67. The van der Waals surface area contributed by atoms with Crippen molar-refractivity contribution in [1.29, 1.82) is 0 Å². The monoisotopic (exact) mass is 389 g/mol. The first-order chi connectivity index (χ1) is 12.7. The number of sulfonamides is 1. The van der Waals surface area contributed by atoms with Crippen molar-refractivity contribution in [2.75, 3.05) is 5.75 Å². The van der Waals surface area contributed by atoms with Gasteiger partial charge in [0.15, 0.2) is 0 Å². The van der Waals surface area contributed by atoms with E-state index < -0.39 is 16.0 Å². The number of hydrogen-bond acceptors (Lipinski definition) is 3. The molecule has 0 saturated carbocycles. The molecule has 0 bridgehead atoms. The molecule has 0 aliphatic rings. The van der Waals surface area contributed by atoms with E-state index in [-0.39, 0.29) is 18.7 Å². The molecule has 2 aromatic rings. The molecule has 146 valence electrons. The largest absolute Gasteiger partial charge is 0.481 e. The summed E-state index contributed by atoms with van der Waals surface area (Å²) in [6.45, 7) is 4.50. The van der Waals surface area contributed by atoms with Gasteiger partial charge in [0.05, 0.1) is 12.2 Å². The third-order valence-corrected chi connectivity index (χ3v) is 5.50. The molecule has 2 N–H and O–H groups in total. The maximum absolute atomic E-state index is 12.2. The van der Waals surface area contributed by atoms with E-state index in [2.05, 4.69) is 30.7 Å². The minimum absolute atomic E-state index is 0.0192. The third kappa shape index (κ3) is 7.93. The number of hydrogen-bond donors (Lipinski definition) is 2. The lowest BCUT2D eigenvalue weighted by molar-refractivity contribution is -0.136. The molecule has 0 amide bonds. The summed E-state index contributed by atoms with van der Waals surface area (Å²) in [5.74, 6) is -0.299. The Labute approximate surface area is 161 Å². The van der Waals surface area contributed by atoms with Crippen LogP contribution in [0.5, 0.6) is 0 Å². The average molecular weight is 390 g/mol. The predicted molar refractivity (Wildman–Crippen MR) is 107 cm³/mol. The molecular weight excluding hydrogens is 362 g/mol. The Kier molecular flexibility index (Phi) is 7.56. The Morgan fingerprint density at radius 3 is 2.26 bits per heavy atom. The van der Waals surface area contributed by atoms with Crippen LogP contribution in [0.3, 0.4) is 0 Å². The van der Waals surface area contributed by atoms with Crippen molar-refractivity contribution in [1.82, 2.24) is 4.72 Å². The summed E-state index contributed by atoms with van der Waals surface area (Å²) in [7, 11) is -3.41. The number of aliphatic carboxylic acids is 1. The Balaban J connectivity index is 1.87. The maximum atomic E-state index is 12.2. The van der Waals surface area contributed by atoms with E-state index in [1.165, 1.54) is 5.56 Å². The molecule has 0 aliphatic heterocycles. The molecular formula is C21H27NO4S. The zero-order valence-electron chi connectivity index (χ0n) is 15.8. The zero-order chi connectivity index (χ0) is 19.9. The number of carboxylic acids is 1. The molecule has 5 nitrogen and oxygen atoms in total. The lowest BCUT2D eigenvalue weighted by atomic mass is 10.0. The number of benzene rings is 2. The first-order valence-corrected chi connectivity index (χ1v) is 10.7. The summed E-state index contributed by atoms with van der Waals surface area (Å²) >= 11 is 0. The van der Waals surface area contributed by atoms with Crippen LogP contribution in [-0.2, 0) is 40.6 Å². The van der Waals surface area contributed by atoms with E-state index in [0.717, 1.165) is 17.5 Å². The van der Waals surface area contributed by atoms with Gasteiger partial charge in [-0.3, -0.25) is 4.79 Å². The summed E-state index contributed by atoms with van der Waals surface area (Å²) in [6.07, 6.45) is 1.39. The quantitative estimate of drug-likeness (QED) is 0.654. The lowest BCUT2D eigenvalue weighted by Crippen LogP contribution is -2.27. The van der Waals surface area contributed by atoms with Crippen LogP contribution < -0.4 is 4.72 Å². The average Bonchev–Trinajstić information content (AvgIpc) is 2.59. The smallest absolute Gasteiger partial charge is 0.307 e. The van der Waals surface area contributed by atoms with Crippen LogP contribution in [0, 0.1) is 5.92 Å². The van der Waals surface area contributed by atoms with Gasteiger partial charge in [-0.1, -0.05) is 62.4 Å². The number of rotatable bonds is 10. The normalized spacial score (nSPS) is 11.7. The topological polar surface area (TPSA) is 83.5 Å². The van der Waals surface area contributed by atoms with Gasteiger partial charge in [-0.15, -0.1) is 0 Å². The molecule has 0 atom stereocenters. The fraction of sp³-hybridized carbons (Fsp3) is 0.381. The Hall–Kier alpha value is -2.18. The van der Waals surface area contributed by atoms with Gasteiger partial charge < -0.3 is 5.11 Å². The lowest BCUT2D eigenvalue weighted by Gasteiger charge is -2.09. The number of nitrogens with one attached hydrogen (secondary N) is 1. The second-order valence-corrected chi connectivity index (χ2v) is 9.12. The van der Waals surface area contributed by atoms with Gasteiger partial charge in [0.1, 0.15) is 0 Å². The number of aryl methyl sites for hydroxylation is 1. The Morgan fingerprint density at radius 2 is 1.63 bits per heavy atom. The van der Waals surface area contributed by atoms with Gasteiger partial charge in [-0.25, -0.2) is 13.1 Å². The van der Waals surface area contributed by atoms with Crippen LogP contribution in [-0.4, -0.2) is 25.2 Å². The Morgan fingerprint density at radius 1 is 1.00 bits per heavy atom. The van der Waals surface area contributed by atoms with Gasteiger partial charge in [0.2, 0.25) is 10.0 Å². The van der Waals surface area contributed by atoms with E-state index in [9.17, 15) is 13.2 Å². The molecule has 0 fully saturated rings. The van der Waals surface area contributed by atoms with Crippen molar-refractivity contribution in [2.45, 2.75) is 39.7 Å². The zero-order valence-corrected chi connectivity index (χ0v) is 16.6. The maximum Gasteiger partial charge on any atom is 0.307 e. The molecule has 0 heterocycles. The van der Waals surface area contributed by atoms with Crippen molar-refractivity contribution in [3.63, 3.8) is 0 Å². The summed E-state index contributed by atoms with van der Waals surface area (Å²) in [5, 5.41) is 8.84. The van der Waals surface area contributed by atoms with Crippen molar-refractivity contribution in [2.24, 2.45) is 5.92 Å². The first kappa shape index (κ1) is 21.1. The predicted octanol–water partition coefficient (Wildman–Crippen LogP) is 3.17. The van der Waals surface area contributed by atoms with Crippen molar-refractivity contribution < 1.29 is 18.3 Å². The molecule has 0 aliphatic carbocycles. The minimum atomic E-state index is -3.41. The van der Waals surface area contributed by atoms with Crippen LogP contribution in [0.4, 0.5) is 0 Å². The van der Waals surface area contributed by atoms with Crippen LogP contribution >= 0.6 is 0 Å². The molecule has 0 radical (unpaired) electrons. The summed E-state index contributed by atoms with van der Waals surface area (Å²) in [6, 6.07) is 15.0. The highest BCUT2D eigenvalue weighted by atomic mass is 32.2. The number of carboxylic acid groups (broad SMARTS) is 1. The molecule has 6 heteroatoms. The summed E-state index contributed by atoms with van der Waals surface area (Å²) in [4.78, 5) is 10.8. The van der Waals surface area contributed by atoms with E-state index >= 15 is 0 Å². The van der Waals surface area contributed by atoms with Gasteiger partial charge in [-0.05, 0) is 41.0 Å². The van der Waals surface area contributed by atoms with Crippen LogP contribution in [0.15, 0.2) is 48.5 Å². The fourth-order valence-electron chi connectivity index (χ4n) is 2.86. The summed E-state index contributed by atoms with van der Waals surface area (Å²) in [5.41, 5.74) is 3.66. The third-order valence-electron chi connectivity index (χ3n) is 4.17. The van der Waals surface area contributed by atoms with Crippen molar-refractivity contribution >= 4 is 16.0 Å². The highest BCUT2D eigenvalue weighted by Crippen LogP contribution is 2.11. The van der Waals surface area contributed by atoms with Gasteiger partial charge in [0, 0.05) is 6.54 Å². The molecule has 0 saturated heterocycles. The van der Waals surface area contributed by atoms with Crippen LogP contribution in [0.1, 0.15) is 36.1 Å². The number of carbonyl (C=O) groups is 1. The highest BCUT2D eigenvalue weighted by Gasteiger charge is 2.11. The summed E-state index contributed by atoms with van der Waals surface area (Å²) < 4.78 is 27.1. The molecule has 2 aromatic carbocycles. The molecule has 0 unspecified atom stereocenters. The minimum Gasteiger partial charge on any atom is -0.481 e. The van der Waals surface area contributed by atoms with E-state index in [0.29, 0.717) is 17.9 Å². The first-order valence-electron chi connectivity index (χ1n) is 9.08. The van der Waals surface area contributed by atoms with Gasteiger partial charge in [-0.2, -0.15) is 0 Å². The molecule has 27 heavy (non-hydrogen) atoms. The van der Waals surface area contributed by atoms with Crippen molar-refractivity contribution in [3.05, 3.63) is 70.8 Å². The van der Waals surface area contributed by atoms with E-state index in [1.54, 1.807) is 24.3 Å². The molecule has 2 rings (SSSR count). The standard InChI is InChI=1S/C21H27NO4S/c1-16(2)12-18-8-6-17(7-9-18)10-11-27(25,26)22-15-20-5-3-4-19(13-20)14-21(23)24/h3-9,13,16,22H,10-12,14-15H2,1-2H3,(H,23,24). The molecule has 0 aromatic heterocycles. The van der Waals surface area contributed by atoms with E-state index in [4.69, 9.17) is 5.11 Å². The second-order valence-electron chi connectivity index (χ2n) is 7.19. The van der Waals surface area contributed by atoms with Crippen molar-refractivity contribution in [3.8, 4) is 0 Å². The fourth-order valence-corrected chi connectivity index (χ4v) is 3.89. The molecule has 0 spiro atoms. The van der Waals surface area contributed by atoms with Crippen LogP contribution in [0.25, 0.3) is 0 Å². The van der Waals surface area contributed by atoms with Gasteiger partial charge in [0.25, 0.3) is 0 Å². The van der Waals surface area contributed by atoms with Crippen LogP contribution in [0.2, 0.25) is 0 Å². The highest BCUT2D eigenvalue weighted by molar-refractivity contribution is 7.89. The SMILES string of the molecule is CC(C)Cc1ccc(CCS(=O)(=O)NCc2cccc(CC(=O)O)c2)cc1. The van der Waals surface area contributed by atoms with Gasteiger partial charge >= 0.3 is 5.97 Å².